The summed E-state index contributed by atoms with van der Waals surface area (Å²) >= 11 is 4.80. The zero-order valence-corrected chi connectivity index (χ0v) is 17.9. The SMILES string of the molecule is O=c1/c(=C\c2cc(Br)ccc2OCc2ccccc2F)sc2nc3ccccc3n12. The number of imidazole rings is 1. The van der Waals surface area contributed by atoms with Gasteiger partial charge in [0.25, 0.3) is 5.56 Å². The van der Waals surface area contributed by atoms with Crippen LogP contribution < -0.4 is 14.8 Å². The Labute approximate surface area is 183 Å². The molecule has 0 N–H and O–H groups in total. The van der Waals surface area contributed by atoms with Crippen molar-refractivity contribution in [3.8, 4) is 5.75 Å². The van der Waals surface area contributed by atoms with Crippen LogP contribution in [0.1, 0.15) is 11.1 Å². The zero-order valence-electron chi connectivity index (χ0n) is 15.5. The molecule has 0 radical (unpaired) electrons. The molecule has 0 bridgehead atoms. The molecule has 5 aromatic rings. The Bertz CT molecular complexity index is 1510. The molecule has 0 saturated heterocycles. The number of hydrogen-bond donors (Lipinski definition) is 0. The molecule has 4 nitrogen and oxygen atoms in total. The number of aromatic nitrogens is 2. The quantitative estimate of drug-likeness (QED) is 0.366. The second kappa shape index (κ2) is 7.66. The summed E-state index contributed by atoms with van der Waals surface area (Å²) in [6.45, 7) is 0.0950. The van der Waals surface area contributed by atoms with Gasteiger partial charge in [0.05, 0.1) is 15.6 Å². The lowest BCUT2D eigenvalue weighted by atomic mass is 10.2. The monoisotopic (exact) mass is 480 g/mol. The van der Waals surface area contributed by atoms with Gasteiger partial charge in [-0.3, -0.25) is 4.79 Å². The molecule has 7 heteroatoms. The van der Waals surface area contributed by atoms with Crippen LogP contribution in [0.5, 0.6) is 5.75 Å². The van der Waals surface area contributed by atoms with Gasteiger partial charge in [-0.1, -0.05) is 57.6 Å². The van der Waals surface area contributed by atoms with Crippen molar-refractivity contribution in [2.24, 2.45) is 0 Å². The molecule has 0 fully saturated rings. The lowest BCUT2D eigenvalue weighted by molar-refractivity contribution is 0.299. The summed E-state index contributed by atoms with van der Waals surface area (Å²) < 4.78 is 22.8. The minimum absolute atomic E-state index is 0.0950. The van der Waals surface area contributed by atoms with Gasteiger partial charge >= 0.3 is 0 Å². The Morgan fingerprint density at radius 1 is 1.10 bits per heavy atom. The van der Waals surface area contributed by atoms with E-state index < -0.39 is 0 Å². The first kappa shape index (κ1) is 19.0. The molecule has 0 unspecified atom stereocenters. The predicted octanol–water partition coefficient (Wildman–Crippen LogP) is 4.94. The van der Waals surface area contributed by atoms with Crippen LogP contribution >= 0.6 is 27.3 Å². The highest BCUT2D eigenvalue weighted by Crippen LogP contribution is 2.25. The van der Waals surface area contributed by atoms with E-state index in [0.29, 0.717) is 20.8 Å². The van der Waals surface area contributed by atoms with E-state index in [4.69, 9.17) is 4.74 Å². The molecule has 0 saturated carbocycles. The fourth-order valence-corrected chi connectivity index (χ4v) is 4.64. The van der Waals surface area contributed by atoms with Gasteiger partial charge < -0.3 is 4.74 Å². The third-order valence-corrected chi connectivity index (χ3v) is 6.21. The van der Waals surface area contributed by atoms with Gasteiger partial charge in [-0.05, 0) is 42.5 Å². The number of halogens is 2. The normalized spacial score (nSPS) is 12.1. The van der Waals surface area contributed by atoms with E-state index in [0.717, 1.165) is 21.1 Å². The predicted molar refractivity (Wildman–Crippen MR) is 121 cm³/mol. The summed E-state index contributed by atoms with van der Waals surface area (Å²) in [5.74, 6) is 0.255. The van der Waals surface area contributed by atoms with E-state index in [2.05, 4.69) is 20.9 Å². The molecule has 0 amide bonds. The number of hydrogen-bond acceptors (Lipinski definition) is 4. The Morgan fingerprint density at radius 3 is 2.77 bits per heavy atom. The second-order valence-corrected chi connectivity index (χ2v) is 8.62. The highest BCUT2D eigenvalue weighted by atomic mass is 79.9. The lowest BCUT2D eigenvalue weighted by Crippen LogP contribution is -2.22. The summed E-state index contributed by atoms with van der Waals surface area (Å²) in [7, 11) is 0. The smallest absolute Gasteiger partial charge is 0.274 e. The summed E-state index contributed by atoms with van der Waals surface area (Å²) in [5.41, 5.74) is 2.66. The second-order valence-electron chi connectivity index (χ2n) is 6.70. The fraction of sp³-hybridized carbons (Fsp3) is 0.0435. The van der Waals surface area contributed by atoms with Crippen molar-refractivity contribution in [2.75, 3.05) is 0 Å². The number of benzene rings is 3. The first-order chi connectivity index (χ1) is 14.6. The summed E-state index contributed by atoms with van der Waals surface area (Å²) in [6, 6.07) is 19.6. The van der Waals surface area contributed by atoms with Crippen molar-refractivity contribution < 1.29 is 9.13 Å². The molecule has 0 aliphatic carbocycles. The van der Waals surface area contributed by atoms with Gasteiger partial charge in [-0.15, -0.1) is 0 Å². The lowest BCUT2D eigenvalue weighted by Gasteiger charge is -2.10. The Morgan fingerprint density at radius 2 is 1.90 bits per heavy atom. The molecule has 2 heterocycles. The van der Waals surface area contributed by atoms with Gasteiger partial charge in [0, 0.05) is 15.6 Å². The van der Waals surface area contributed by atoms with Crippen molar-refractivity contribution in [1.82, 2.24) is 9.38 Å². The number of para-hydroxylation sites is 2. The molecular weight excluding hydrogens is 467 g/mol. The average molecular weight is 481 g/mol. The third kappa shape index (κ3) is 3.40. The maximum atomic E-state index is 13.9. The highest BCUT2D eigenvalue weighted by Gasteiger charge is 2.12. The Hall–Kier alpha value is -3.03. The fourth-order valence-electron chi connectivity index (χ4n) is 3.29. The standard InChI is InChI=1S/C23H14BrFN2O2S/c24-16-9-10-20(29-13-14-5-1-2-6-17(14)25)15(11-16)12-21-22(28)27-19-8-4-3-7-18(19)26-23(27)30-21/h1-12H,13H2/b21-12+. The minimum atomic E-state index is -0.312. The Balaban J connectivity index is 1.58. The maximum Gasteiger partial charge on any atom is 0.274 e. The minimum Gasteiger partial charge on any atom is -0.488 e. The van der Waals surface area contributed by atoms with Crippen LogP contribution in [0.25, 0.3) is 22.1 Å². The van der Waals surface area contributed by atoms with Crippen molar-refractivity contribution in [1.29, 1.82) is 0 Å². The zero-order chi connectivity index (χ0) is 20.7. The maximum absolute atomic E-state index is 13.9. The summed E-state index contributed by atoms with van der Waals surface area (Å²) in [5, 5.41) is 0. The first-order valence-corrected chi connectivity index (χ1v) is 10.8. The van der Waals surface area contributed by atoms with E-state index in [-0.39, 0.29) is 18.0 Å². The van der Waals surface area contributed by atoms with Gasteiger partial charge in [-0.2, -0.15) is 0 Å². The van der Waals surface area contributed by atoms with E-state index in [1.165, 1.54) is 17.4 Å². The average Bonchev–Trinajstić information content (AvgIpc) is 3.25. The van der Waals surface area contributed by atoms with E-state index in [9.17, 15) is 9.18 Å². The van der Waals surface area contributed by atoms with Crippen LogP contribution in [0.15, 0.2) is 76.0 Å². The van der Waals surface area contributed by atoms with E-state index >= 15 is 0 Å². The van der Waals surface area contributed by atoms with E-state index in [1.807, 2.05) is 36.4 Å². The van der Waals surface area contributed by atoms with Crippen LogP contribution in [0.2, 0.25) is 0 Å². The van der Waals surface area contributed by atoms with Crippen LogP contribution in [0.3, 0.4) is 0 Å². The number of thiazole rings is 1. The molecule has 148 valence electrons. The van der Waals surface area contributed by atoms with Crippen LogP contribution in [0, 0.1) is 5.82 Å². The van der Waals surface area contributed by atoms with Crippen LogP contribution in [-0.2, 0) is 6.61 Å². The van der Waals surface area contributed by atoms with Gasteiger partial charge in [0.1, 0.15) is 18.2 Å². The Kier molecular flexibility index (Phi) is 4.84. The number of rotatable bonds is 4. The van der Waals surface area contributed by atoms with Gasteiger partial charge in [0.15, 0.2) is 4.96 Å². The van der Waals surface area contributed by atoms with Crippen LogP contribution in [-0.4, -0.2) is 9.38 Å². The molecule has 0 aliphatic rings. The topological polar surface area (TPSA) is 43.6 Å². The number of fused-ring (bicyclic) bond motifs is 3. The van der Waals surface area contributed by atoms with Crippen molar-refractivity contribution in [2.45, 2.75) is 6.61 Å². The largest absolute Gasteiger partial charge is 0.488 e. The van der Waals surface area contributed by atoms with Gasteiger partial charge in [-0.25, -0.2) is 13.8 Å². The molecule has 5 rings (SSSR count). The highest BCUT2D eigenvalue weighted by molar-refractivity contribution is 9.10. The third-order valence-electron chi connectivity index (χ3n) is 4.74. The van der Waals surface area contributed by atoms with Crippen molar-refractivity contribution >= 4 is 49.3 Å². The molecule has 30 heavy (non-hydrogen) atoms. The van der Waals surface area contributed by atoms with Crippen LogP contribution in [0.4, 0.5) is 4.39 Å². The molecule has 0 spiro atoms. The molecule has 2 aromatic heterocycles. The molecule has 0 atom stereocenters. The first-order valence-electron chi connectivity index (χ1n) is 9.17. The van der Waals surface area contributed by atoms with Crippen molar-refractivity contribution in [3.63, 3.8) is 0 Å². The molecular formula is C23H14BrFN2O2S. The van der Waals surface area contributed by atoms with E-state index in [1.54, 1.807) is 34.7 Å². The molecule has 0 aliphatic heterocycles. The summed E-state index contributed by atoms with van der Waals surface area (Å²) in [6.07, 6.45) is 1.79. The molecule has 3 aromatic carbocycles. The van der Waals surface area contributed by atoms with Gasteiger partial charge in [0.2, 0.25) is 0 Å². The number of ether oxygens (including phenoxy) is 1. The number of nitrogens with zero attached hydrogens (tertiary/aromatic N) is 2. The van der Waals surface area contributed by atoms with Crippen molar-refractivity contribution in [3.05, 3.63) is 103 Å². The summed E-state index contributed by atoms with van der Waals surface area (Å²) in [4.78, 5) is 18.2.